The van der Waals surface area contributed by atoms with Crippen molar-refractivity contribution < 1.29 is 4.79 Å². The second kappa shape index (κ2) is 4.87. The minimum absolute atomic E-state index is 0.158. The molecule has 19 heavy (non-hydrogen) atoms. The Bertz CT molecular complexity index is 476. The van der Waals surface area contributed by atoms with Crippen LogP contribution in [0.2, 0.25) is 0 Å². The van der Waals surface area contributed by atoms with Crippen LogP contribution in [0.1, 0.15) is 41.6 Å². The summed E-state index contributed by atoms with van der Waals surface area (Å²) in [6, 6.07) is 5.67. The Kier molecular flexibility index (Phi) is 3.21. The zero-order valence-electron chi connectivity index (χ0n) is 11.6. The van der Waals surface area contributed by atoms with Crippen molar-refractivity contribution in [1.82, 2.24) is 4.90 Å². The Labute approximate surface area is 114 Å². The van der Waals surface area contributed by atoms with Crippen LogP contribution in [-0.4, -0.2) is 23.9 Å². The van der Waals surface area contributed by atoms with Crippen LogP contribution in [0.25, 0.3) is 0 Å². The first-order valence-electron chi connectivity index (χ1n) is 7.29. The van der Waals surface area contributed by atoms with Crippen LogP contribution in [-0.2, 0) is 0 Å². The van der Waals surface area contributed by atoms with Crippen LogP contribution < -0.4 is 5.73 Å². The number of anilines is 1. The van der Waals surface area contributed by atoms with E-state index >= 15 is 0 Å². The Morgan fingerprint density at radius 3 is 2.26 bits per heavy atom. The first-order chi connectivity index (χ1) is 9.13. The van der Waals surface area contributed by atoms with Gasteiger partial charge < -0.3 is 10.6 Å². The molecule has 1 amide bonds. The monoisotopic (exact) mass is 258 g/mol. The molecule has 0 unspecified atom stereocenters. The van der Waals surface area contributed by atoms with Crippen LogP contribution >= 0.6 is 0 Å². The summed E-state index contributed by atoms with van der Waals surface area (Å²) in [5, 5.41) is 0. The molecule has 3 rings (SSSR count). The van der Waals surface area contributed by atoms with Gasteiger partial charge in [-0.15, -0.1) is 0 Å². The number of carbonyl (C=O) groups is 1. The first-order valence-corrected chi connectivity index (χ1v) is 7.29. The second-order valence-electron chi connectivity index (χ2n) is 6.17. The van der Waals surface area contributed by atoms with Crippen molar-refractivity contribution in [2.24, 2.45) is 11.8 Å². The molecule has 0 aliphatic heterocycles. The summed E-state index contributed by atoms with van der Waals surface area (Å²) in [5.74, 6) is 1.64. The van der Waals surface area contributed by atoms with E-state index in [1.807, 2.05) is 25.1 Å². The highest BCUT2D eigenvalue weighted by Gasteiger charge is 2.31. The molecule has 2 aliphatic carbocycles. The molecule has 0 radical (unpaired) electrons. The van der Waals surface area contributed by atoms with Gasteiger partial charge in [-0.05, 0) is 62.1 Å². The first kappa shape index (κ1) is 12.5. The summed E-state index contributed by atoms with van der Waals surface area (Å²) < 4.78 is 0. The van der Waals surface area contributed by atoms with Gasteiger partial charge in [-0.25, -0.2) is 0 Å². The molecule has 2 aliphatic rings. The average molecular weight is 258 g/mol. The maximum absolute atomic E-state index is 12.6. The molecule has 3 nitrogen and oxygen atoms in total. The number of nitrogens with zero attached hydrogens (tertiary/aromatic N) is 1. The molecule has 2 fully saturated rings. The summed E-state index contributed by atoms with van der Waals surface area (Å²) >= 11 is 0. The van der Waals surface area contributed by atoms with Crippen molar-refractivity contribution in [2.45, 2.75) is 32.6 Å². The third-order valence-corrected chi connectivity index (χ3v) is 4.16. The fourth-order valence-electron chi connectivity index (χ4n) is 2.42. The van der Waals surface area contributed by atoms with Gasteiger partial charge in [0.1, 0.15) is 0 Å². The molecule has 3 heteroatoms. The van der Waals surface area contributed by atoms with Gasteiger partial charge in [0.05, 0.1) is 0 Å². The number of nitrogen functional groups attached to an aromatic ring is 1. The van der Waals surface area contributed by atoms with E-state index in [-0.39, 0.29) is 5.91 Å². The normalized spacial score (nSPS) is 18.4. The molecule has 2 N–H and O–H groups in total. The van der Waals surface area contributed by atoms with Crippen molar-refractivity contribution in [3.63, 3.8) is 0 Å². The zero-order valence-corrected chi connectivity index (χ0v) is 11.6. The minimum Gasteiger partial charge on any atom is -0.398 e. The third kappa shape index (κ3) is 3.09. The predicted octanol–water partition coefficient (Wildman–Crippen LogP) is 2.84. The molecule has 102 valence electrons. The van der Waals surface area contributed by atoms with Crippen LogP contribution in [0, 0.1) is 18.8 Å². The van der Waals surface area contributed by atoms with Crippen LogP contribution in [0.3, 0.4) is 0 Å². The fraction of sp³-hybridized carbons (Fsp3) is 0.562. The highest BCUT2D eigenvalue weighted by Crippen LogP contribution is 2.34. The topological polar surface area (TPSA) is 46.3 Å². The Hall–Kier alpha value is -1.51. The summed E-state index contributed by atoms with van der Waals surface area (Å²) in [6.07, 6.45) is 5.13. The second-order valence-corrected chi connectivity index (χ2v) is 6.17. The maximum atomic E-state index is 12.6. The lowest BCUT2D eigenvalue weighted by Crippen LogP contribution is -2.34. The van der Waals surface area contributed by atoms with E-state index in [0.29, 0.717) is 5.69 Å². The average Bonchev–Trinajstić information content (AvgIpc) is 3.26. The van der Waals surface area contributed by atoms with Gasteiger partial charge in [-0.1, -0.05) is 6.07 Å². The van der Waals surface area contributed by atoms with E-state index in [4.69, 9.17) is 5.73 Å². The van der Waals surface area contributed by atoms with Crippen LogP contribution in [0.15, 0.2) is 18.2 Å². The Balaban J connectivity index is 1.74. The van der Waals surface area contributed by atoms with E-state index in [9.17, 15) is 4.79 Å². The quantitative estimate of drug-likeness (QED) is 0.825. The number of hydrogen-bond acceptors (Lipinski definition) is 2. The zero-order chi connectivity index (χ0) is 13.4. The number of aryl methyl sites for hydroxylation is 1. The number of benzene rings is 1. The van der Waals surface area contributed by atoms with E-state index < -0.39 is 0 Å². The maximum Gasteiger partial charge on any atom is 0.253 e. The smallest absolute Gasteiger partial charge is 0.253 e. The Morgan fingerprint density at radius 1 is 1.21 bits per heavy atom. The van der Waals surface area contributed by atoms with Gasteiger partial charge in [0.2, 0.25) is 0 Å². The van der Waals surface area contributed by atoms with E-state index in [1.165, 1.54) is 25.7 Å². The van der Waals surface area contributed by atoms with Gasteiger partial charge in [-0.2, -0.15) is 0 Å². The number of nitrogens with two attached hydrogens (primary N) is 1. The number of rotatable bonds is 5. The molecule has 2 saturated carbocycles. The van der Waals surface area contributed by atoms with Crippen molar-refractivity contribution in [2.75, 3.05) is 18.8 Å². The van der Waals surface area contributed by atoms with Gasteiger partial charge >= 0.3 is 0 Å². The molecule has 0 saturated heterocycles. The lowest BCUT2D eigenvalue weighted by atomic mass is 10.1. The minimum atomic E-state index is 0.158. The standard InChI is InChI=1S/C16H22N2O/c1-11-2-7-14(8-15(11)17)16(19)18(9-12-3-4-12)10-13-5-6-13/h2,7-8,12-13H,3-6,9-10,17H2,1H3. The van der Waals surface area contributed by atoms with Crippen molar-refractivity contribution in [3.8, 4) is 0 Å². The highest BCUT2D eigenvalue weighted by atomic mass is 16.2. The SMILES string of the molecule is Cc1ccc(C(=O)N(CC2CC2)CC2CC2)cc1N. The molecule has 1 aromatic rings. The molecule has 1 aromatic carbocycles. The molecule has 0 bridgehead atoms. The van der Waals surface area contributed by atoms with Crippen LogP contribution in [0.4, 0.5) is 5.69 Å². The van der Waals surface area contributed by atoms with Gasteiger partial charge in [0.15, 0.2) is 0 Å². The lowest BCUT2D eigenvalue weighted by molar-refractivity contribution is 0.0739. The fourth-order valence-corrected chi connectivity index (χ4v) is 2.42. The third-order valence-electron chi connectivity index (χ3n) is 4.16. The van der Waals surface area contributed by atoms with Gasteiger partial charge in [0.25, 0.3) is 5.91 Å². The molecular formula is C16H22N2O. The largest absolute Gasteiger partial charge is 0.398 e. The van der Waals surface area contributed by atoms with Crippen molar-refractivity contribution in [3.05, 3.63) is 29.3 Å². The highest BCUT2D eigenvalue weighted by molar-refractivity contribution is 5.95. The van der Waals surface area contributed by atoms with Gasteiger partial charge in [0, 0.05) is 24.3 Å². The summed E-state index contributed by atoms with van der Waals surface area (Å²) in [4.78, 5) is 14.7. The molecular weight excluding hydrogens is 236 g/mol. The number of amides is 1. The predicted molar refractivity (Wildman–Crippen MR) is 76.9 cm³/mol. The van der Waals surface area contributed by atoms with Gasteiger partial charge in [-0.3, -0.25) is 4.79 Å². The van der Waals surface area contributed by atoms with E-state index in [1.54, 1.807) is 0 Å². The summed E-state index contributed by atoms with van der Waals surface area (Å²) in [5.41, 5.74) is 8.40. The molecule has 0 spiro atoms. The van der Waals surface area contributed by atoms with Crippen LogP contribution in [0.5, 0.6) is 0 Å². The molecule has 0 heterocycles. The summed E-state index contributed by atoms with van der Waals surface area (Å²) in [7, 11) is 0. The lowest BCUT2D eigenvalue weighted by Gasteiger charge is -2.23. The Morgan fingerprint density at radius 2 is 1.79 bits per heavy atom. The van der Waals surface area contributed by atoms with Crippen molar-refractivity contribution in [1.29, 1.82) is 0 Å². The molecule has 0 atom stereocenters. The van der Waals surface area contributed by atoms with Crippen molar-refractivity contribution >= 4 is 11.6 Å². The van der Waals surface area contributed by atoms with E-state index in [0.717, 1.165) is 36.1 Å². The number of carbonyl (C=O) groups excluding carboxylic acids is 1. The summed E-state index contributed by atoms with van der Waals surface area (Å²) in [6.45, 7) is 3.84. The number of hydrogen-bond donors (Lipinski definition) is 1. The van der Waals surface area contributed by atoms with E-state index in [2.05, 4.69) is 4.90 Å². The molecule has 0 aromatic heterocycles.